The van der Waals surface area contributed by atoms with Gasteiger partial charge >= 0.3 is 0 Å². The van der Waals surface area contributed by atoms with E-state index in [4.69, 9.17) is 14.4 Å². The minimum Gasteiger partial charge on any atom is -0.454 e. The molecule has 0 atom stereocenters. The molecule has 0 radical (unpaired) electrons. The highest BCUT2D eigenvalue weighted by Crippen LogP contribution is 2.41. The van der Waals surface area contributed by atoms with Gasteiger partial charge in [-0.25, -0.2) is 9.97 Å². The van der Waals surface area contributed by atoms with Crippen LogP contribution in [0, 0.1) is 0 Å². The van der Waals surface area contributed by atoms with Crippen molar-refractivity contribution in [2.45, 2.75) is 0 Å². The minimum absolute atomic E-state index is 0.880. The van der Waals surface area contributed by atoms with Crippen molar-refractivity contribution in [3.8, 4) is 28.2 Å². The summed E-state index contributed by atoms with van der Waals surface area (Å²) in [7, 11) is 0. The number of hydrogen-bond donors (Lipinski definition) is 0. The van der Waals surface area contributed by atoms with Crippen LogP contribution < -0.4 is 0 Å². The van der Waals surface area contributed by atoms with Crippen LogP contribution in [0.2, 0.25) is 0 Å². The van der Waals surface area contributed by atoms with Gasteiger partial charge in [0.2, 0.25) is 0 Å². The molecule has 10 aromatic rings. The molecule has 0 bridgehead atoms. The summed E-state index contributed by atoms with van der Waals surface area (Å²) in [4.78, 5) is 11.5. The Morgan fingerprint density at radius 3 is 2.04 bits per heavy atom. The molecule has 0 N–H and O–H groups in total. The Bertz CT molecular complexity index is 2750. The standard InChI is InChI=1S/C40H23N3OS/c1-2-10-24(11-3-1)36-35(41-37-31-14-6-9-17-34(31)45-40(37)42-36)25-18-20-26(21-19-25)43-32-15-7-4-12-27(32)29-22-23-30-28-13-5-8-16-33(28)44-39(30)38(29)43/h1-23H. The van der Waals surface area contributed by atoms with Gasteiger partial charge in [-0.05, 0) is 36.4 Å². The molecular weight excluding hydrogens is 571 g/mol. The molecule has 0 spiro atoms. The van der Waals surface area contributed by atoms with Gasteiger partial charge in [0.15, 0.2) is 5.58 Å². The highest BCUT2D eigenvalue weighted by molar-refractivity contribution is 7.25. The summed E-state index contributed by atoms with van der Waals surface area (Å²) in [6, 6.07) is 48.8. The van der Waals surface area contributed by atoms with E-state index in [1.54, 1.807) is 11.3 Å². The summed E-state index contributed by atoms with van der Waals surface area (Å²) >= 11 is 1.69. The molecule has 0 aliphatic heterocycles. The van der Waals surface area contributed by atoms with Crippen LogP contribution in [-0.2, 0) is 0 Å². The molecule has 4 nitrogen and oxygen atoms in total. The fourth-order valence-corrected chi connectivity index (χ4v) is 7.81. The summed E-state index contributed by atoms with van der Waals surface area (Å²) < 4.78 is 10.1. The second-order valence-corrected chi connectivity index (χ2v) is 12.4. The van der Waals surface area contributed by atoms with Crippen LogP contribution in [0.1, 0.15) is 0 Å². The average Bonchev–Trinajstić information content (AvgIpc) is 3.77. The fourth-order valence-electron chi connectivity index (χ4n) is 6.79. The van der Waals surface area contributed by atoms with Gasteiger partial charge in [-0.3, -0.25) is 0 Å². The lowest BCUT2D eigenvalue weighted by molar-refractivity contribution is 0.671. The summed E-state index contributed by atoms with van der Waals surface area (Å²) in [6.07, 6.45) is 0. The molecule has 0 unspecified atom stereocenters. The van der Waals surface area contributed by atoms with Crippen LogP contribution >= 0.6 is 11.3 Å². The fraction of sp³-hybridized carbons (Fsp3) is 0. The molecule has 0 aliphatic carbocycles. The zero-order valence-corrected chi connectivity index (χ0v) is 24.8. The number of thiophene rings is 1. The number of nitrogens with zero attached hydrogens (tertiary/aromatic N) is 3. The molecule has 4 aromatic heterocycles. The Morgan fingerprint density at radius 2 is 1.18 bits per heavy atom. The minimum atomic E-state index is 0.880. The smallest absolute Gasteiger partial charge is 0.160 e. The number of furan rings is 1. The summed E-state index contributed by atoms with van der Waals surface area (Å²) in [5.41, 5.74) is 9.89. The number of benzene rings is 6. The molecule has 10 rings (SSSR count). The molecular formula is C40H23N3OS. The first-order valence-corrected chi connectivity index (χ1v) is 15.8. The van der Waals surface area contributed by atoms with Crippen LogP contribution in [0.3, 0.4) is 0 Å². The van der Waals surface area contributed by atoms with Gasteiger partial charge < -0.3 is 8.98 Å². The molecule has 0 saturated carbocycles. The van der Waals surface area contributed by atoms with E-state index in [2.05, 4.69) is 126 Å². The molecule has 0 fully saturated rings. The Kier molecular flexibility index (Phi) is 5.12. The van der Waals surface area contributed by atoms with Gasteiger partial charge in [0.05, 0.1) is 22.4 Å². The van der Waals surface area contributed by atoms with Crippen molar-refractivity contribution in [1.29, 1.82) is 0 Å². The average molecular weight is 594 g/mol. The monoisotopic (exact) mass is 593 g/mol. The molecule has 45 heavy (non-hydrogen) atoms. The maximum absolute atomic E-state index is 6.55. The molecule has 0 aliphatic rings. The predicted molar refractivity (Wildman–Crippen MR) is 187 cm³/mol. The van der Waals surface area contributed by atoms with Crippen LogP contribution in [0.4, 0.5) is 0 Å². The van der Waals surface area contributed by atoms with E-state index in [0.29, 0.717) is 0 Å². The van der Waals surface area contributed by atoms with Gasteiger partial charge in [-0.2, -0.15) is 0 Å². The Hall–Kier alpha value is -5.78. The zero-order valence-electron chi connectivity index (χ0n) is 23.9. The van der Waals surface area contributed by atoms with E-state index in [9.17, 15) is 0 Å². The lowest BCUT2D eigenvalue weighted by Gasteiger charge is -2.12. The largest absolute Gasteiger partial charge is 0.454 e. The van der Waals surface area contributed by atoms with Crippen molar-refractivity contribution in [3.63, 3.8) is 0 Å². The maximum Gasteiger partial charge on any atom is 0.160 e. The van der Waals surface area contributed by atoms with Crippen LogP contribution in [0.5, 0.6) is 0 Å². The first-order valence-electron chi connectivity index (χ1n) is 15.0. The summed E-state index contributed by atoms with van der Waals surface area (Å²) in [6.45, 7) is 0. The summed E-state index contributed by atoms with van der Waals surface area (Å²) in [5, 5.41) is 5.77. The summed E-state index contributed by atoms with van der Waals surface area (Å²) in [5.74, 6) is 0. The van der Waals surface area contributed by atoms with Crippen molar-refractivity contribution < 1.29 is 4.42 Å². The molecule has 6 aromatic carbocycles. The normalized spacial score (nSPS) is 12.0. The van der Waals surface area contributed by atoms with Crippen molar-refractivity contribution in [2.24, 2.45) is 0 Å². The molecule has 0 saturated heterocycles. The van der Waals surface area contributed by atoms with E-state index in [1.165, 1.54) is 15.5 Å². The van der Waals surface area contributed by atoms with Crippen LogP contribution in [0.15, 0.2) is 144 Å². The second-order valence-electron chi connectivity index (χ2n) is 11.4. The Morgan fingerprint density at radius 1 is 0.511 bits per heavy atom. The van der Waals surface area contributed by atoms with Gasteiger partial charge in [0.25, 0.3) is 0 Å². The zero-order chi connectivity index (χ0) is 29.5. The van der Waals surface area contributed by atoms with Crippen molar-refractivity contribution in [2.75, 3.05) is 0 Å². The van der Waals surface area contributed by atoms with Crippen molar-refractivity contribution in [3.05, 3.63) is 140 Å². The SMILES string of the molecule is c1ccc(-c2nc3sc4ccccc4c3nc2-c2ccc(-n3c4ccccc4c4ccc5c6ccccc6oc5c43)cc2)cc1. The van der Waals surface area contributed by atoms with Gasteiger partial charge in [-0.1, -0.05) is 103 Å². The molecule has 210 valence electrons. The predicted octanol–water partition coefficient (Wildman–Crippen LogP) is 11.2. The molecule has 5 heteroatoms. The Labute approximate surface area is 261 Å². The maximum atomic E-state index is 6.55. The lowest BCUT2D eigenvalue weighted by atomic mass is 10.0. The van der Waals surface area contributed by atoms with Crippen molar-refractivity contribution in [1.82, 2.24) is 14.5 Å². The van der Waals surface area contributed by atoms with Gasteiger partial charge in [-0.15, -0.1) is 11.3 Å². The molecule has 4 heterocycles. The van der Waals surface area contributed by atoms with Gasteiger partial charge in [0.1, 0.15) is 15.9 Å². The lowest BCUT2D eigenvalue weighted by Crippen LogP contribution is -1.96. The first-order chi connectivity index (χ1) is 22.3. The topological polar surface area (TPSA) is 43.9 Å². The number of fused-ring (bicyclic) bond motifs is 10. The van der Waals surface area contributed by atoms with E-state index < -0.39 is 0 Å². The van der Waals surface area contributed by atoms with Gasteiger partial charge in [0, 0.05) is 48.4 Å². The molecule has 0 amide bonds. The van der Waals surface area contributed by atoms with E-state index in [-0.39, 0.29) is 0 Å². The quantitative estimate of drug-likeness (QED) is 0.205. The number of para-hydroxylation sites is 2. The first kappa shape index (κ1) is 24.6. The van der Waals surface area contributed by atoms with E-state index >= 15 is 0 Å². The van der Waals surface area contributed by atoms with Crippen LogP contribution in [0.25, 0.3) is 92.4 Å². The second kappa shape index (κ2) is 9.36. The third kappa shape index (κ3) is 3.59. The third-order valence-corrected chi connectivity index (χ3v) is 9.89. The van der Waals surface area contributed by atoms with E-state index in [0.717, 1.165) is 76.9 Å². The van der Waals surface area contributed by atoms with E-state index in [1.807, 2.05) is 18.2 Å². The highest BCUT2D eigenvalue weighted by Gasteiger charge is 2.20. The number of hydrogen-bond acceptors (Lipinski definition) is 4. The third-order valence-electron chi connectivity index (χ3n) is 8.84. The highest BCUT2D eigenvalue weighted by atomic mass is 32.1. The number of aromatic nitrogens is 3. The number of rotatable bonds is 3. The van der Waals surface area contributed by atoms with Crippen LogP contribution in [-0.4, -0.2) is 14.5 Å². The Balaban J connectivity index is 1.22. The van der Waals surface area contributed by atoms with Crippen molar-refractivity contribution >= 4 is 75.5 Å².